The summed E-state index contributed by atoms with van der Waals surface area (Å²) in [6, 6.07) is 15.4. The summed E-state index contributed by atoms with van der Waals surface area (Å²) in [6.45, 7) is 1.57. The number of nitrogens with zero attached hydrogens (tertiary/aromatic N) is 2. The Morgan fingerprint density at radius 2 is 1.93 bits per heavy atom. The second kappa shape index (κ2) is 7.78. The van der Waals surface area contributed by atoms with Gasteiger partial charge in [-0.15, -0.1) is 0 Å². The summed E-state index contributed by atoms with van der Waals surface area (Å²) in [5.74, 6) is 1.29. The summed E-state index contributed by atoms with van der Waals surface area (Å²) >= 11 is 0. The van der Waals surface area contributed by atoms with Crippen LogP contribution in [0.2, 0.25) is 0 Å². The van der Waals surface area contributed by atoms with Gasteiger partial charge in [-0.05, 0) is 47.5 Å². The van der Waals surface area contributed by atoms with Crippen LogP contribution in [0.15, 0.2) is 67.0 Å². The first-order valence-electron chi connectivity index (χ1n) is 8.72. The number of hydrogen-bond acceptors (Lipinski definition) is 4. The van der Waals surface area contributed by atoms with Crippen LogP contribution in [-0.4, -0.2) is 28.9 Å². The van der Waals surface area contributed by atoms with Crippen molar-refractivity contribution in [2.75, 3.05) is 13.2 Å². The lowest BCUT2D eigenvalue weighted by molar-refractivity contribution is -0.116. The van der Waals surface area contributed by atoms with E-state index in [9.17, 15) is 4.79 Å². The topological polar surface area (TPSA) is 65.4 Å². The summed E-state index contributed by atoms with van der Waals surface area (Å²) in [5.41, 5.74) is 2.89. The number of fused-ring (bicyclic) bond motifs is 1. The van der Waals surface area contributed by atoms with Crippen molar-refractivity contribution in [1.82, 2.24) is 15.1 Å². The van der Waals surface area contributed by atoms with Gasteiger partial charge in [0.15, 0.2) is 11.5 Å². The van der Waals surface area contributed by atoms with Crippen molar-refractivity contribution in [2.24, 2.45) is 0 Å². The van der Waals surface area contributed by atoms with E-state index in [1.165, 1.54) is 6.08 Å². The normalized spacial score (nSPS) is 12.9. The maximum Gasteiger partial charge on any atom is 0.244 e. The van der Waals surface area contributed by atoms with E-state index in [0.29, 0.717) is 25.5 Å². The molecule has 6 nitrogen and oxygen atoms in total. The third-order valence-electron chi connectivity index (χ3n) is 4.17. The fourth-order valence-corrected chi connectivity index (χ4v) is 2.77. The summed E-state index contributed by atoms with van der Waals surface area (Å²) in [4.78, 5) is 12.1. The Labute approximate surface area is 157 Å². The minimum absolute atomic E-state index is 0.152. The SMILES string of the molecule is O=C(C=Cc1ccc2c(c1)OCCO2)NCc1ccc(-n2cccn2)cc1. The molecule has 2 heterocycles. The first-order valence-corrected chi connectivity index (χ1v) is 8.72. The van der Waals surface area contributed by atoms with E-state index >= 15 is 0 Å². The van der Waals surface area contributed by atoms with Gasteiger partial charge in [0.05, 0.1) is 5.69 Å². The van der Waals surface area contributed by atoms with E-state index in [4.69, 9.17) is 9.47 Å². The third kappa shape index (κ3) is 4.17. The molecule has 3 aromatic rings. The molecule has 1 aliphatic rings. The minimum Gasteiger partial charge on any atom is -0.486 e. The predicted octanol–water partition coefficient (Wildman–Crippen LogP) is 2.97. The zero-order valence-electron chi connectivity index (χ0n) is 14.7. The van der Waals surface area contributed by atoms with Crippen LogP contribution in [0, 0.1) is 0 Å². The highest BCUT2D eigenvalue weighted by atomic mass is 16.6. The number of amides is 1. The number of ether oxygens (including phenoxy) is 2. The summed E-state index contributed by atoms with van der Waals surface area (Å²) in [6.07, 6.45) is 6.90. The van der Waals surface area contributed by atoms with Crippen LogP contribution in [0.4, 0.5) is 0 Å². The molecule has 0 bridgehead atoms. The van der Waals surface area contributed by atoms with Crippen molar-refractivity contribution in [3.63, 3.8) is 0 Å². The number of rotatable bonds is 5. The van der Waals surface area contributed by atoms with Crippen LogP contribution in [0.5, 0.6) is 11.5 Å². The number of aromatic nitrogens is 2. The van der Waals surface area contributed by atoms with Crippen LogP contribution in [0.1, 0.15) is 11.1 Å². The highest BCUT2D eigenvalue weighted by Gasteiger charge is 2.10. The Balaban J connectivity index is 1.32. The van der Waals surface area contributed by atoms with Gasteiger partial charge in [-0.1, -0.05) is 18.2 Å². The molecule has 0 saturated carbocycles. The van der Waals surface area contributed by atoms with Gasteiger partial charge in [-0.25, -0.2) is 4.68 Å². The quantitative estimate of drug-likeness (QED) is 0.710. The van der Waals surface area contributed by atoms with E-state index < -0.39 is 0 Å². The molecule has 4 rings (SSSR count). The molecule has 0 unspecified atom stereocenters. The van der Waals surface area contributed by atoms with Gasteiger partial charge in [0.2, 0.25) is 5.91 Å². The molecule has 1 aromatic heterocycles. The maximum atomic E-state index is 12.1. The fraction of sp³-hybridized carbons (Fsp3) is 0.143. The van der Waals surface area contributed by atoms with E-state index in [2.05, 4.69) is 10.4 Å². The Bertz CT molecular complexity index is 947. The van der Waals surface area contributed by atoms with E-state index in [0.717, 1.165) is 22.6 Å². The van der Waals surface area contributed by atoms with E-state index in [1.807, 2.05) is 54.7 Å². The Morgan fingerprint density at radius 3 is 2.70 bits per heavy atom. The monoisotopic (exact) mass is 361 g/mol. The maximum absolute atomic E-state index is 12.1. The Hall–Kier alpha value is -3.54. The molecule has 6 heteroatoms. The van der Waals surface area contributed by atoms with Gasteiger partial charge < -0.3 is 14.8 Å². The van der Waals surface area contributed by atoms with Crippen LogP contribution in [0.3, 0.4) is 0 Å². The molecule has 1 N–H and O–H groups in total. The molecule has 0 spiro atoms. The molecule has 0 fully saturated rings. The lowest BCUT2D eigenvalue weighted by atomic mass is 10.1. The smallest absolute Gasteiger partial charge is 0.244 e. The van der Waals surface area contributed by atoms with E-state index in [1.54, 1.807) is 17.0 Å². The summed E-state index contributed by atoms with van der Waals surface area (Å²) in [7, 11) is 0. The van der Waals surface area contributed by atoms with Crippen molar-refractivity contribution in [3.05, 3.63) is 78.1 Å². The van der Waals surface area contributed by atoms with Crippen molar-refractivity contribution in [2.45, 2.75) is 6.54 Å². The first-order chi connectivity index (χ1) is 13.3. The lowest BCUT2D eigenvalue weighted by Gasteiger charge is -2.18. The zero-order chi connectivity index (χ0) is 18.5. The third-order valence-corrected chi connectivity index (χ3v) is 4.17. The van der Waals surface area contributed by atoms with Gasteiger partial charge in [-0.3, -0.25) is 4.79 Å². The van der Waals surface area contributed by atoms with Gasteiger partial charge in [-0.2, -0.15) is 5.10 Å². The molecule has 0 atom stereocenters. The zero-order valence-corrected chi connectivity index (χ0v) is 14.7. The molecule has 0 saturated heterocycles. The predicted molar refractivity (Wildman–Crippen MR) is 102 cm³/mol. The fourth-order valence-electron chi connectivity index (χ4n) is 2.77. The number of benzene rings is 2. The largest absolute Gasteiger partial charge is 0.486 e. The highest BCUT2D eigenvalue weighted by molar-refractivity contribution is 5.91. The van der Waals surface area contributed by atoms with Crippen LogP contribution >= 0.6 is 0 Å². The standard InChI is InChI=1S/C21H19N3O3/c25-21(9-5-16-4-8-19-20(14-16)27-13-12-26-19)22-15-17-2-6-18(7-3-17)24-11-1-10-23-24/h1-11,14H,12-13,15H2,(H,22,25). The first kappa shape index (κ1) is 16.9. The lowest BCUT2D eigenvalue weighted by Crippen LogP contribution is -2.20. The molecule has 1 aliphatic heterocycles. The molecule has 1 amide bonds. The number of carbonyl (C=O) groups is 1. The van der Waals surface area contributed by atoms with Gasteiger partial charge in [0, 0.05) is 25.0 Å². The molecule has 27 heavy (non-hydrogen) atoms. The van der Waals surface area contributed by atoms with Gasteiger partial charge in [0.25, 0.3) is 0 Å². The number of hydrogen-bond donors (Lipinski definition) is 1. The second-order valence-corrected chi connectivity index (χ2v) is 6.07. The van der Waals surface area contributed by atoms with Gasteiger partial charge >= 0.3 is 0 Å². The van der Waals surface area contributed by atoms with Crippen LogP contribution in [-0.2, 0) is 11.3 Å². The molecular formula is C21H19N3O3. The number of nitrogens with one attached hydrogen (secondary N) is 1. The average molecular weight is 361 g/mol. The van der Waals surface area contributed by atoms with Crippen molar-refractivity contribution >= 4 is 12.0 Å². The van der Waals surface area contributed by atoms with Crippen molar-refractivity contribution in [1.29, 1.82) is 0 Å². The molecule has 0 aliphatic carbocycles. The van der Waals surface area contributed by atoms with Gasteiger partial charge in [0.1, 0.15) is 13.2 Å². The van der Waals surface area contributed by atoms with Crippen LogP contribution in [0.25, 0.3) is 11.8 Å². The minimum atomic E-state index is -0.152. The van der Waals surface area contributed by atoms with Crippen molar-refractivity contribution < 1.29 is 14.3 Å². The van der Waals surface area contributed by atoms with Crippen molar-refractivity contribution in [3.8, 4) is 17.2 Å². The highest BCUT2D eigenvalue weighted by Crippen LogP contribution is 2.31. The number of carbonyl (C=O) groups excluding carboxylic acids is 1. The average Bonchev–Trinajstić information content (AvgIpc) is 3.26. The second-order valence-electron chi connectivity index (χ2n) is 6.07. The summed E-state index contributed by atoms with van der Waals surface area (Å²) in [5, 5.41) is 7.07. The Morgan fingerprint density at radius 1 is 1.11 bits per heavy atom. The molecule has 136 valence electrons. The Kier molecular flexibility index (Phi) is 4.87. The van der Waals surface area contributed by atoms with E-state index in [-0.39, 0.29) is 5.91 Å². The molecule has 2 aromatic carbocycles. The summed E-state index contributed by atoms with van der Waals surface area (Å²) < 4.78 is 12.8. The molecular weight excluding hydrogens is 342 g/mol. The van der Waals surface area contributed by atoms with Crippen LogP contribution < -0.4 is 14.8 Å². The molecule has 0 radical (unpaired) electrons.